The second-order valence-corrected chi connectivity index (χ2v) is 8.81. The molecule has 0 bridgehead atoms. The number of halogens is 3. The van der Waals surface area contributed by atoms with Gasteiger partial charge in [-0.3, -0.25) is 10.1 Å². The predicted molar refractivity (Wildman–Crippen MR) is 150 cm³/mol. The molecule has 0 spiro atoms. The molecule has 0 amide bonds. The molecular formula is C19H26BrCl2N11O4. The Morgan fingerprint density at radius 2 is 1.08 bits per heavy atom. The van der Waals surface area contributed by atoms with Gasteiger partial charge in [-0.1, -0.05) is 23.2 Å². The first-order chi connectivity index (χ1) is 17.2. The fourth-order valence-corrected chi connectivity index (χ4v) is 2.03. The zero-order chi connectivity index (χ0) is 28.6. The third-order valence-electron chi connectivity index (χ3n) is 3.44. The van der Waals surface area contributed by atoms with Crippen LogP contribution in [0.15, 0.2) is 68.5 Å². The number of nitrogens with two attached hydrogens (primary N) is 6. The van der Waals surface area contributed by atoms with E-state index in [1.165, 1.54) is 0 Å². The van der Waals surface area contributed by atoms with Crippen molar-refractivity contribution >= 4 is 74.3 Å². The van der Waals surface area contributed by atoms with Crippen LogP contribution in [-0.4, -0.2) is 56.6 Å². The first kappa shape index (κ1) is 33.3. The standard InChI is InChI=1S/2C8H10ClN5.C3H6BrNO4/c2*9-5-1-3-6(4-2-5)13-8(12)14-7(10)11;4-3(1-6,2-7)5(8)9/h2*1-4H,(H6,10,11,12,13,14);6-7H,1-2H2. The normalized spacial score (nSPS) is 11.2. The van der Waals surface area contributed by atoms with Gasteiger partial charge in [0.15, 0.2) is 11.9 Å². The van der Waals surface area contributed by atoms with Crippen molar-refractivity contribution < 1.29 is 15.1 Å². The Hall–Kier alpha value is -3.70. The van der Waals surface area contributed by atoms with Crippen LogP contribution in [0, 0.1) is 10.1 Å². The van der Waals surface area contributed by atoms with Crippen molar-refractivity contribution in [2.75, 3.05) is 13.2 Å². The van der Waals surface area contributed by atoms with E-state index >= 15 is 0 Å². The Kier molecular flexibility index (Phi) is 15.2. The van der Waals surface area contributed by atoms with Crippen LogP contribution in [0.5, 0.6) is 0 Å². The molecule has 37 heavy (non-hydrogen) atoms. The molecule has 0 heterocycles. The molecule has 2 aromatic carbocycles. The fraction of sp³-hybridized carbons (Fsp3) is 0.158. The Morgan fingerprint density at radius 3 is 1.27 bits per heavy atom. The molecule has 2 rings (SSSR count). The van der Waals surface area contributed by atoms with Crippen LogP contribution in [-0.2, 0) is 0 Å². The minimum Gasteiger partial charge on any atom is -0.388 e. The summed E-state index contributed by atoms with van der Waals surface area (Å²) in [6.45, 7) is -1.45. The maximum atomic E-state index is 9.92. The topological polar surface area (TPSA) is 289 Å². The van der Waals surface area contributed by atoms with Gasteiger partial charge in [-0.05, 0) is 48.5 Å². The van der Waals surface area contributed by atoms with E-state index in [2.05, 4.69) is 35.9 Å². The van der Waals surface area contributed by atoms with E-state index in [9.17, 15) is 10.1 Å². The molecule has 202 valence electrons. The smallest absolute Gasteiger partial charge is 0.319 e. The third kappa shape index (κ3) is 15.1. The molecule has 0 fully saturated rings. The lowest BCUT2D eigenvalue weighted by atomic mass is 10.3. The van der Waals surface area contributed by atoms with Gasteiger partial charge in [0, 0.05) is 30.9 Å². The number of aliphatic hydroxyl groups excluding tert-OH is 2. The minimum atomic E-state index is -1.77. The van der Waals surface area contributed by atoms with Crippen molar-refractivity contribution in [2.45, 2.75) is 4.45 Å². The van der Waals surface area contributed by atoms with Crippen LogP contribution in [0.3, 0.4) is 0 Å². The zero-order valence-corrected chi connectivity index (χ0v) is 22.2. The largest absolute Gasteiger partial charge is 0.388 e. The first-order valence-corrected chi connectivity index (χ1v) is 11.2. The summed E-state index contributed by atoms with van der Waals surface area (Å²) in [5.41, 5.74) is 32.6. The van der Waals surface area contributed by atoms with Crippen LogP contribution in [0.25, 0.3) is 0 Å². The second kappa shape index (κ2) is 16.9. The van der Waals surface area contributed by atoms with E-state index in [-0.39, 0.29) is 23.8 Å². The molecule has 18 heteroatoms. The third-order valence-corrected chi connectivity index (χ3v) is 4.73. The van der Waals surface area contributed by atoms with Gasteiger partial charge in [0.05, 0.1) is 11.4 Å². The molecule has 0 aliphatic carbocycles. The lowest BCUT2D eigenvalue weighted by Gasteiger charge is -2.11. The van der Waals surface area contributed by atoms with Crippen LogP contribution in [0.4, 0.5) is 11.4 Å². The molecule has 0 radical (unpaired) electrons. The van der Waals surface area contributed by atoms with Gasteiger partial charge >= 0.3 is 4.45 Å². The molecule has 0 saturated heterocycles. The molecule has 15 nitrogen and oxygen atoms in total. The average molecular weight is 623 g/mol. The van der Waals surface area contributed by atoms with Crippen molar-refractivity contribution in [2.24, 2.45) is 54.4 Å². The number of rotatable bonds is 5. The molecular weight excluding hydrogens is 597 g/mol. The fourth-order valence-electron chi connectivity index (χ4n) is 1.78. The molecule has 0 atom stereocenters. The summed E-state index contributed by atoms with van der Waals surface area (Å²) in [5, 5.41) is 27.8. The maximum absolute atomic E-state index is 9.92. The van der Waals surface area contributed by atoms with Gasteiger partial charge < -0.3 is 44.6 Å². The number of hydrogen-bond donors (Lipinski definition) is 8. The number of benzene rings is 2. The van der Waals surface area contributed by atoms with E-state index < -0.39 is 22.6 Å². The number of guanidine groups is 4. The van der Waals surface area contributed by atoms with E-state index in [1.807, 2.05) is 0 Å². The van der Waals surface area contributed by atoms with Gasteiger partial charge in [0.25, 0.3) is 0 Å². The van der Waals surface area contributed by atoms with Crippen molar-refractivity contribution in [3.05, 3.63) is 68.7 Å². The van der Waals surface area contributed by atoms with Gasteiger partial charge in [-0.2, -0.15) is 9.98 Å². The highest BCUT2D eigenvalue weighted by Gasteiger charge is 2.38. The minimum absolute atomic E-state index is 0.00678. The molecule has 0 aliphatic rings. The number of hydrogen-bond acceptors (Lipinski definition) is 6. The molecule has 0 aliphatic heterocycles. The predicted octanol–water partition coefficient (Wildman–Crippen LogP) is 0.458. The van der Waals surface area contributed by atoms with Crippen LogP contribution >= 0.6 is 39.1 Å². The summed E-state index contributed by atoms with van der Waals surface area (Å²) in [6, 6.07) is 13.6. The molecule has 0 saturated carbocycles. The van der Waals surface area contributed by atoms with E-state index in [0.29, 0.717) is 21.4 Å². The maximum Gasteiger partial charge on any atom is 0.319 e. The molecule has 0 unspecified atom stereocenters. The zero-order valence-electron chi connectivity index (χ0n) is 19.1. The quantitative estimate of drug-likeness (QED) is 0.0568. The molecule has 0 aromatic heterocycles. The van der Waals surface area contributed by atoms with E-state index in [1.54, 1.807) is 48.5 Å². The van der Waals surface area contributed by atoms with Crippen molar-refractivity contribution in [1.82, 2.24) is 0 Å². The summed E-state index contributed by atoms with van der Waals surface area (Å²) in [6.07, 6.45) is 0. The molecule has 2 aromatic rings. The van der Waals surface area contributed by atoms with Gasteiger partial charge in [0.1, 0.15) is 13.2 Å². The van der Waals surface area contributed by atoms with Crippen molar-refractivity contribution in [3.8, 4) is 0 Å². The Balaban J connectivity index is 0.000000541. The number of alkyl halides is 1. The average Bonchev–Trinajstić information content (AvgIpc) is 2.81. The summed E-state index contributed by atoms with van der Waals surface area (Å²) < 4.78 is -1.77. The van der Waals surface area contributed by atoms with Gasteiger partial charge in [0.2, 0.25) is 11.9 Å². The van der Waals surface area contributed by atoms with Gasteiger partial charge in [-0.25, -0.2) is 9.98 Å². The summed E-state index contributed by atoms with van der Waals surface area (Å²) in [5.74, 6) is -0.236. The monoisotopic (exact) mass is 621 g/mol. The van der Waals surface area contributed by atoms with Gasteiger partial charge in [-0.15, -0.1) is 0 Å². The Bertz CT molecular complexity index is 1040. The van der Waals surface area contributed by atoms with Crippen LogP contribution < -0.4 is 34.4 Å². The highest BCUT2D eigenvalue weighted by atomic mass is 79.9. The van der Waals surface area contributed by atoms with Crippen molar-refractivity contribution in [1.29, 1.82) is 0 Å². The summed E-state index contributed by atoms with van der Waals surface area (Å²) in [7, 11) is 0. The van der Waals surface area contributed by atoms with Crippen LogP contribution in [0.2, 0.25) is 10.0 Å². The number of aliphatic imine (C=N–C) groups is 4. The lowest BCUT2D eigenvalue weighted by molar-refractivity contribution is -0.542. The second-order valence-electron chi connectivity index (χ2n) is 6.46. The Morgan fingerprint density at radius 1 is 0.784 bits per heavy atom. The van der Waals surface area contributed by atoms with Crippen LogP contribution in [0.1, 0.15) is 0 Å². The SMILES string of the molecule is NC(N)=NC(N)=Nc1ccc(Cl)cc1.NC(N)=NC(N)=Nc1ccc(Cl)cc1.O=[N+]([O-])C(Br)(CO)CO. The van der Waals surface area contributed by atoms with Crippen molar-refractivity contribution in [3.63, 3.8) is 0 Å². The number of aliphatic hydroxyl groups is 2. The van der Waals surface area contributed by atoms with E-state index in [0.717, 1.165) is 0 Å². The highest BCUT2D eigenvalue weighted by Crippen LogP contribution is 2.17. The molecule has 14 N–H and O–H groups in total. The first-order valence-electron chi connectivity index (χ1n) is 9.66. The number of nitrogens with zero attached hydrogens (tertiary/aromatic N) is 5. The summed E-state index contributed by atoms with van der Waals surface area (Å²) in [4.78, 5) is 24.1. The summed E-state index contributed by atoms with van der Waals surface area (Å²) >= 11 is 13.9. The lowest BCUT2D eigenvalue weighted by Crippen LogP contribution is -2.39. The van der Waals surface area contributed by atoms with E-state index in [4.69, 9.17) is 67.8 Å². The Labute approximate surface area is 229 Å². The highest BCUT2D eigenvalue weighted by molar-refractivity contribution is 9.10. The number of nitro groups is 1.